The highest BCUT2D eigenvalue weighted by molar-refractivity contribution is 9.10. The summed E-state index contributed by atoms with van der Waals surface area (Å²) in [5.74, 6) is 0.421. The Labute approximate surface area is 147 Å². The predicted octanol–water partition coefficient (Wildman–Crippen LogP) is 0.394. The van der Waals surface area contributed by atoms with Crippen LogP contribution < -0.4 is 9.80 Å². The molecule has 0 saturated carbocycles. The number of ether oxygens (including phenoxy) is 1. The van der Waals surface area contributed by atoms with Crippen molar-refractivity contribution in [1.29, 1.82) is 0 Å². The predicted molar refractivity (Wildman–Crippen MR) is 93.9 cm³/mol. The zero-order chi connectivity index (χ0) is 16.4. The molecule has 2 fully saturated rings. The van der Waals surface area contributed by atoms with Gasteiger partial charge in [-0.2, -0.15) is 0 Å². The number of phenols is 1. The highest BCUT2D eigenvalue weighted by atomic mass is 79.9. The number of hydrogen-bond acceptors (Lipinski definition) is 2. The minimum absolute atomic E-state index is 0.387. The normalized spacial score (nSPS) is 35.2. The topological polar surface area (TPSA) is 38.3 Å². The zero-order valence-electron chi connectivity index (χ0n) is 14.1. The molecular formula is C18H29BrN2O2+2. The average Bonchev–Trinajstić information content (AvgIpc) is 2.51. The Morgan fingerprint density at radius 3 is 2.48 bits per heavy atom. The molecule has 1 aromatic carbocycles. The summed E-state index contributed by atoms with van der Waals surface area (Å²) in [4.78, 5) is 3.32. The molecule has 0 amide bonds. The van der Waals surface area contributed by atoms with E-state index in [0.29, 0.717) is 18.0 Å². The Hall–Kier alpha value is -0.620. The number of benzene rings is 1. The first-order valence-electron chi connectivity index (χ1n) is 8.82. The molecule has 0 unspecified atom stereocenters. The molecule has 5 heteroatoms. The number of hydrogen-bond donors (Lipinski definition) is 3. The molecule has 3 N–H and O–H groups in total. The van der Waals surface area contributed by atoms with Gasteiger partial charge in [0.2, 0.25) is 0 Å². The van der Waals surface area contributed by atoms with Crippen molar-refractivity contribution in [3.05, 3.63) is 28.2 Å². The molecule has 1 aromatic rings. The van der Waals surface area contributed by atoms with E-state index in [9.17, 15) is 5.11 Å². The van der Waals surface area contributed by atoms with Gasteiger partial charge in [0.25, 0.3) is 0 Å². The standard InChI is InChI=1S/C18H27BrN2O2/c1-13-10-21(11-14(2)23-13)17-5-7-20(8-6-17)12-15-9-16(19)3-4-18(15)22/h3-4,9,13-14,17,22H,5-8,10-12H2,1-2H3/p+2/t13-,14-/m0/s1. The Balaban J connectivity index is 1.53. The first kappa shape index (κ1) is 17.2. The van der Waals surface area contributed by atoms with E-state index in [1.54, 1.807) is 15.9 Å². The summed E-state index contributed by atoms with van der Waals surface area (Å²) in [5, 5.41) is 10.0. The first-order chi connectivity index (χ1) is 11.0. The largest absolute Gasteiger partial charge is 0.507 e. The van der Waals surface area contributed by atoms with Crippen LogP contribution in [-0.4, -0.2) is 49.5 Å². The summed E-state index contributed by atoms with van der Waals surface area (Å²) >= 11 is 3.50. The number of morpholine rings is 1. The van der Waals surface area contributed by atoms with E-state index in [4.69, 9.17) is 4.74 Å². The number of aromatic hydroxyl groups is 1. The molecule has 3 rings (SSSR count). The van der Waals surface area contributed by atoms with Gasteiger partial charge in [-0.15, -0.1) is 0 Å². The van der Waals surface area contributed by atoms with Gasteiger partial charge in [0, 0.05) is 22.9 Å². The lowest BCUT2D eigenvalue weighted by Crippen LogP contribution is -3.22. The third-order valence-corrected chi connectivity index (χ3v) is 5.81. The molecule has 23 heavy (non-hydrogen) atoms. The van der Waals surface area contributed by atoms with Crippen molar-refractivity contribution in [3.63, 3.8) is 0 Å². The molecule has 0 bridgehead atoms. The average molecular weight is 385 g/mol. The highest BCUT2D eigenvalue weighted by Crippen LogP contribution is 2.21. The van der Waals surface area contributed by atoms with Crippen molar-refractivity contribution in [2.45, 2.75) is 51.5 Å². The minimum Gasteiger partial charge on any atom is -0.507 e. The maximum atomic E-state index is 10.0. The molecular weight excluding hydrogens is 356 g/mol. The van der Waals surface area contributed by atoms with Crippen LogP contribution in [0.15, 0.2) is 22.7 Å². The van der Waals surface area contributed by atoms with Crippen LogP contribution in [0.3, 0.4) is 0 Å². The Bertz CT molecular complexity index is 522. The monoisotopic (exact) mass is 384 g/mol. The maximum Gasteiger partial charge on any atom is 0.124 e. The second-order valence-electron chi connectivity index (χ2n) is 7.30. The van der Waals surface area contributed by atoms with Crippen molar-refractivity contribution < 1.29 is 19.6 Å². The van der Waals surface area contributed by atoms with Crippen LogP contribution in [-0.2, 0) is 11.3 Å². The Morgan fingerprint density at radius 2 is 1.83 bits per heavy atom. The molecule has 2 saturated heterocycles. The lowest BCUT2D eigenvalue weighted by molar-refractivity contribution is -0.970. The van der Waals surface area contributed by atoms with Gasteiger partial charge < -0.3 is 19.6 Å². The summed E-state index contributed by atoms with van der Waals surface area (Å²) in [7, 11) is 0. The van der Waals surface area contributed by atoms with Gasteiger partial charge in [0.15, 0.2) is 0 Å². The Kier molecular flexibility index (Phi) is 5.62. The van der Waals surface area contributed by atoms with Crippen LogP contribution in [0.2, 0.25) is 0 Å². The van der Waals surface area contributed by atoms with Gasteiger partial charge in [-0.1, -0.05) is 15.9 Å². The third-order valence-electron chi connectivity index (χ3n) is 5.32. The summed E-state index contributed by atoms with van der Waals surface area (Å²) < 4.78 is 6.92. The van der Waals surface area contributed by atoms with Gasteiger partial charge in [0.1, 0.15) is 37.6 Å². The van der Waals surface area contributed by atoms with Crippen molar-refractivity contribution >= 4 is 15.9 Å². The van der Waals surface area contributed by atoms with E-state index in [-0.39, 0.29) is 0 Å². The SMILES string of the molecule is C[C@H]1C[NH+](C2CC[NH+](Cc3cc(Br)ccc3O)CC2)C[C@H](C)O1. The van der Waals surface area contributed by atoms with E-state index in [0.717, 1.165) is 35.7 Å². The molecule has 0 radical (unpaired) electrons. The Morgan fingerprint density at radius 1 is 1.17 bits per heavy atom. The number of halogens is 1. The lowest BCUT2D eigenvalue weighted by Gasteiger charge is -2.39. The molecule has 2 aliphatic heterocycles. The van der Waals surface area contributed by atoms with Gasteiger partial charge >= 0.3 is 0 Å². The van der Waals surface area contributed by atoms with Crippen molar-refractivity contribution in [2.75, 3.05) is 26.2 Å². The van der Waals surface area contributed by atoms with Crippen LogP contribution in [0.1, 0.15) is 32.3 Å². The minimum atomic E-state index is 0.387. The molecule has 2 heterocycles. The number of phenolic OH excluding ortho intramolecular Hbond substituents is 1. The van der Waals surface area contributed by atoms with Gasteiger partial charge in [-0.05, 0) is 32.0 Å². The van der Waals surface area contributed by atoms with E-state index in [2.05, 4.69) is 29.8 Å². The molecule has 0 spiro atoms. The molecule has 128 valence electrons. The quantitative estimate of drug-likeness (QED) is 0.705. The van der Waals surface area contributed by atoms with E-state index in [1.807, 2.05) is 12.1 Å². The van der Waals surface area contributed by atoms with Crippen molar-refractivity contribution in [3.8, 4) is 5.75 Å². The fraction of sp³-hybridized carbons (Fsp3) is 0.667. The maximum absolute atomic E-state index is 10.0. The number of piperidine rings is 1. The third kappa shape index (κ3) is 4.47. The molecule has 4 nitrogen and oxygen atoms in total. The number of likely N-dealkylation sites (tertiary alicyclic amines) is 1. The lowest BCUT2D eigenvalue weighted by atomic mass is 10.0. The fourth-order valence-electron chi connectivity index (χ4n) is 4.22. The fourth-order valence-corrected chi connectivity index (χ4v) is 4.63. The second-order valence-corrected chi connectivity index (χ2v) is 8.21. The van der Waals surface area contributed by atoms with Gasteiger partial charge in [-0.25, -0.2) is 0 Å². The number of rotatable bonds is 3. The van der Waals surface area contributed by atoms with Crippen molar-refractivity contribution in [2.24, 2.45) is 0 Å². The molecule has 2 aliphatic rings. The number of quaternary nitrogens is 2. The second kappa shape index (κ2) is 7.51. The van der Waals surface area contributed by atoms with Gasteiger partial charge in [0.05, 0.1) is 19.1 Å². The number of nitrogens with one attached hydrogen (secondary N) is 2. The molecule has 0 aliphatic carbocycles. The summed E-state index contributed by atoms with van der Waals surface area (Å²) in [6.07, 6.45) is 3.33. The summed E-state index contributed by atoms with van der Waals surface area (Å²) in [6.45, 7) is 10.0. The summed E-state index contributed by atoms with van der Waals surface area (Å²) in [6, 6.07) is 6.51. The molecule has 0 aromatic heterocycles. The smallest absolute Gasteiger partial charge is 0.124 e. The first-order valence-corrected chi connectivity index (χ1v) is 9.61. The van der Waals surface area contributed by atoms with E-state index < -0.39 is 0 Å². The molecule has 2 atom stereocenters. The van der Waals surface area contributed by atoms with Crippen LogP contribution in [0.4, 0.5) is 0 Å². The van der Waals surface area contributed by atoms with E-state index in [1.165, 1.54) is 25.9 Å². The van der Waals surface area contributed by atoms with Gasteiger partial charge in [-0.3, -0.25) is 0 Å². The van der Waals surface area contributed by atoms with Crippen LogP contribution in [0.5, 0.6) is 5.75 Å². The highest BCUT2D eigenvalue weighted by Gasteiger charge is 2.35. The van der Waals surface area contributed by atoms with Crippen LogP contribution in [0.25, 0.3) is 0 Å². The van der Waals surface area contributed by atoms with E-state index >= 15 is 0 Å². The summed E-state index contributed by atoms with van der Waals surface area (Å²) in [5.41, 5.74) is 1.05. The van der Waals surface area contributed by atoms with Crippen LogP contribution in [0, 0.1) is 0 Å². The van der Waals surface area contributed by atoms with Crippen molar-refractivity contribution in [1.82, 2.24) is 0 Å². The zero-order valence-corrected chi connectivity index (χ0v) is 15.7. The van der Waals surface area contributed by atoms with Crippen LogP contribution >= 0.6 is 15.9 Å².